The van der Waals surface area contributed by atoms with E-state index >= 15 is 0 Å². The molecule has 1 aromatic rings. The van der Waals surface area contributed by atoms with Crippen molar-refractivity contribution in [2.45, 2.75) is 31.9 Å². The summed E-state index contributed by atoms with van der Waals surface area (Å²) in [6, 6.07) is 0.187. The van der Waals surface area contributed by atoms with Gasteiger partial charge < -0.3 is 14.0 Å². The molecule has 3 atom stereocenters. The fourth-order valence-electron chi connectivity index (χ4n) is 3.00. The molecule has 0 N–H and O–H groups in total. The van der Waals surface area contributed by atoms with Gasteiger partial charge in [0.05, 0.1) is 18.8 Å². The smallest absolute Gasteiger partial charge is 0.244 e. The minimum absolute atomic E-state index is 0.187. The second kappa shape index (κ2) is 5.56. The third-order valence-electron chi connectivity index (χ3n) is 4.04. The number of hydrogen-bond donors (Lipinski definition) is 0. The Hall–Kier alpha value is -0.980. The van der Waals surface area contributed by atoms with Gasteiger partial charge in [0.25, 0.3) is 0 Å². The fourth-order valence-corrected chi connectivity index (χ4v) is 3.00. The van der Waals surface area contributed by atoms with Crippen LogP contribution in [0.1, 0.15) is 30.6 Å². The second-order valence-electron chi connectivity index (χ2n) is 5.47. The first-order valence-corrected chi connectivity index (χ1v) is 6.91. The van der Waals surface area contributed by atoms with E-state index in [0.29, 0.717) is 11.7 Å². The van der Waals surface area contributed by atoms with Gasteiger partial charge in [0.1, 0.15) is 0 Å². The number of likely N-dealkylation sites (tertiary alicyclic amines) is 1. The highest BCUT2D eigenvalue weighted by atomic mass is 16.5. The summed E-state index contributed by atoms with van der Waals surface area (Å²) in [5, 5.41) is 3.90. The minimum atomic E-state index is 0.187. The third-order valence-corrected chi connectivity index (χ3v) is 4.04. The highest BCUT2D eigenvalue weighted by Crippen LogP contribution is 2.33. The van der Waals surface area contributed by atoms with Crippen LogP contribution in [0.15, 0.2) is 4.52 Å². The van der Waals surface area contributed by atoms with Crippen molar-refractivity contribution in [2.24, 2.45) is 5.92 Å². The van der Waals surface area contributed by atoms with Gasteiger partial charge >= 0.3 is 0 Å². The summed E-state index contributed by atoms with van der Waals surface area (Å²) in [6.45, 7) is 5.55. The normalized spacial score (nSPS) is 32.2. The third kappa shape index (κ3) is 2.80. The molecule has 19 heavy (non-hydrogen) atoms. The number of aromatic nitrogens is 2. The van der Waals surface area contributed by atoms with Gasteiger partial charge in [-0.05, 0) is 25.7 Å². The fraction of sp³-hybridized carbons (Fsp3) is 0.846. The van der Waals surface area contributed by atoms with Crippen LogP contribution in [0.2, 0.25) is 0 Å². The molecule has 0 spiro atoms. The Kier molecular flexibility index (Phi) is 3.81. The maximum Gasteiger partial charge on any atom is 0.244 e. The maximum absolute atomic E-state index is 5.50. The van der Waals surface area contributed by atoms with Crippen LogP contribution >= 0.6 is 0 Å². The molecule has 6 heteroatoms. The van der Waals surface area contributed by atoms with E-state index in [9.17, 15) is 0 Å². The van der Waals surface area contributed by atoms with Gasteiger partial charge in [0.15, 0.2) is 5.82 Å². The maximum atomic E-state index is 5.50. The lowest BCUT2D eigenvalue weighted by atomic mass is 10.1. The summed E-state index contributed by atoms with van der Waals surface area (Å²) in [4.78, 5) is 6.78. The number of ether oxygens (including phenoxy) is 2. The molecule has 0 radical (unpaired) electrons. The first kappa shape index (κ1) is 13.0. The topological polar surface area (TPSA) is 60.6 Å². The van der Waals surface area contributed by atoms with E-state index in [1.165, 1.54) is 0 Å². The lowest BCUT2D eigenvalue weighted by Gasteiger charge is -2.23. The van der Waals surface area contributed by atoms with Crippen LogP contribution in [0.25, 0.3) is 0 Å². The van der Waals surface area contributed by atoms with Crippen LogP contribution < -0.4 is 0 Å². The van der Waals surface area contributed by atoms with Gasteiger partial charge in [-0.2, -0.15) is 4.98 Å². The summed E-state index contributed by atoms with van der Waals surface area (Å²) in [5.41, 5.74) is 0. The van der Waals surface area contributed by atoms with Gasteiger partial charge in [-0.3, -0.25) is 4.90 Å². The highest BCUT2D eigenvalue weighted by molar-refractivity contribution is 4.99. The van der Waals surface area contributed by atoms with E-state index in [2.05, 4.69) is 15.0 Å². The molecule has 3 heterocycles. The van der Waals surface area contributed by atoms with Crippen molar-refractivity contribution in [2.75, 3.05) is 33.4 Å². The number of nitrogens with zero attached hydrogens (tertiary/aromatic N) is 3. The molecule has 2 aliphatic heterocycles. The molecule has 1 unspecified atom stereocenters. The molecule has 3 rings (SSSR count). The predicted molar refractivity (Wildman–Crippen MR) is 67.7 cm³/mol. The zero-order valence-corrected chi connectivity index (χ0v) is 11.5. The molecule has 2 fully saturated rings. The van der Waals surface area contributed by atoms with Crippen molar-refractivity contribution in [1.29, 1.82) is 0 Å². The average Bonchev–Trinajstić information content (AvgIpc) is 3.10. The molecular formula is C13H21N3O3. The Balaban J connectivity index is 1.71. The Morgan fingerprint density at radius 3 is 3.00 bits per heavy atom. The lowest BCUT2D eigenvalue weighted by Crippen LogP contribution is -2.31. The zero-order chi connectivity index (χ0) is 13.2. The Labute approximate surface area is 113 Å². The van der Waals surface area contributed by atoms with E-state index in [-0.39, 0.29) is 12.1 Å². The Morgan fingerprint density at radius 1 is 1.47 bits per heavy atom. The lowest BCUT2D eigenvalue weighted by molar-refractivity contribution is 0.104. The van der Waals surface area contributed by atoms with Gasteiger partial charge in [-0.25, -0.2) is 0 Å². The number of rotatable bonds is 4. The van der Waals surface area contributed by atoms with E-state index in [0.717, 1.165) is 45.0 Å². The molecule has 0 amide bonds. The molecule has 0 saturated carbocycles. The quantitative estimate of drug-likeness (QED) is 0.816. The predicted octanol–water partition coefficient (Wildman–Crippen LogP) is 1.18. The molecule has 2 saturated heterocycles. The highest BCUT2D eigenvalue weighted by Gasteiger charge is 2.38. The zero-order valence-electron chi connectivity index (χ0n) is 11.5. The SMILES string of the molecule is CO[C@H]1C[C@H](c2nc(C)no2)N(CC2CCOC2)C1. The van der Waals surface area contributed by atoms with E-state index in [1.807, 2.05) is 6.92 Å². The van der Waals surface area contributed by atoms with Crippen molar-refractivity contribution >= 4 is 0 Å². The van der Waals surface area contributed by atoms with E-state index in [1.54, 1.807) is 7.11 Å². The van der Waals surface area contributed by atoms with Crippen molar-refractivity contribution in [3.63, 3.8) is 0 Å². The monoisotopic (exact) mass is 267 g/mol. The molecule has 0 aliphatic carbocycles. The standard InChI is InChI=1S/C13H21N3O3/c1-9-14-13(19-15-9)12-5-11(17-2)7-16(12)6-10-3-4-18-8-10/h10-12H,3-8H2,1-2H3/t10?,11-,12+/m0/s1. The molecule has 106 valence electrons. The van der Waals surface area contributed by atoms with E-state index in [4.69, 9.17) is 14.0 Å². The van der Waals surface area contributed by atoms with Gasteiger partial charge in [-0.1, -0.05) is 5.16 Å². The molecule has 1 aromatic heterocycles. The van der Waals surface area contributed by atoms with Crippen molar-refractivity contribution < 1.29 is 14.0 Å². The number of aryl methyl sites for hydroxylation is 1. The number of hydrogen-bond acceptors (Lipinski definition) is 6. The van der Waals surface area contributed by atoms with Crippen LogP contribution in [0.3, 0.4) is 0 Å². The Morgan fingerprint density at radius 2 is 2.37 bits per heavy atom. The average molecular weight is 267 g/mol. The summed E-state index contributed by atoms with van der Waals surface area (Å²) >= 11 is 0. The van der Waals surface area contributed by atoms with Crippen LogP contribution in [0.5, 0.6) is 0 Å². The van der Waals surface area contributed by atoms with Crippen molar-refractivity contribution in [1.82, 2.24) is 15.0 Å². The molecule has 2 aliphatic rings. The second-order valence-corrected chi connectivity index (χ2v) is 5.47. The van der Waals surface area contributed by atoms with Crippen LogP contribution in [0.4, 0.5) is 0 Å². The summed E-state index contributed by atoms with van der Waals surface area (Å²) in [7, 11) is 1.77. The van der Waals surface area contributed by atoms with Crippen molar-refractivity contribution in [3.8, 4) is 0 Å². The Bertz CT molecular complexity index is 417. The molecule has 0 aromatic carbocycles. The van der Waals surface area contributed by atoms with Crippen LogP contribution in [0, 0.1) is 12.8 Å². The van der Waals surface area contributed by atoms with Gasteiger partial charge in [0.2, 0.25) is 5.89 Å². The first-order chi connectivity index (χ1) is 9.26. The summed E-state index contributed by atoms with van der Waals surface area (Å²) < 4.78 is 16.3. The first-order valence-electron chi connectivity index (χ1n) is 6.91. The molecular weight excluding hydrogens is 246 g/mol. The molecule has 6 nitrogen and oxygen atoms in total. The summed E-state index contributed by atoms with van der Waals surface area (Å²) in [5.74, 6) is 2.03. The van der Waals surface area contributed by atoms with Crippen LogP contribution in [-0.2, 0) is 9.47 Å². The van der Waals surface area contributed by atoms with E-state index < -0.39 is 0 Å². The van der Waals surface area contributed by atoms with Crippen molar-refractivity contribution in [3.05, 3.63) is 11.7 Å². The summed E-state index contributed by atoms with van der Waals surface area (Å²) in [6.07, 6.45) is 2.31. The minimum Gasteiger partial charge on any atom is -0.381 e. The van der Waals surface area contributed by atoms with Crippen LogP contribution in [-0.4, -0.2) is 54.6 Å². The van der Waals surface area contributed by atoms with Gasteiger partial charge in [-0.15, -0.1) is 0 Å². The molecule has 0 bridgehead atoms. The van der Waals surface area contributed by atoms with Gasteiger partial charge in [0, 0.05) is 26.8 Å². The number of methoxy groups -OCH3 is 1. The largest absolute Gasteiger partial charge is 0.381 e.